The van der Waals surface area contributed by atoms with Crippen molar-refractivity contribution in [3.63, 3.8) is 0 Å². The predicted octanol–water partition coefficient (Wildman–Crippen LogP) is 2.58. The Labute approximate surface area is 118 Å². The number of aromatic carboxylic acids is 1. The van der Waals surface area contributed by atoms with Crippen molar-refractivity contribution in [1.82, 2.24) is 5.32 Å². The standard InChI is InChI=1S/C16H19NO3/c18-14(13-9-16(13)7-1-2-8-16)17-10-11-3-5-12(6-4-11)15(19)20/h3-6,13H,1-2,7-10H2,(H,17,18)(H,19,20). The molecule has 20 heavy (non-hydrogen) atoms. The molecule has 4 heteroatoms. The van der Waals surface area contributed by atoms with E-state index in [0.29, 0.717) is 12.0 Å². The zero-order valence-electron chi connectivity index (χ0n) is 11.4. The van der Waals surface area contributed by atoms with Gasteiger partial charge in [0.2, 0.25) is 5.91 Å². The molecule has 2 saturated carbocycles. The second-order valence-corrected chi connectivity index (χ2v) is 6.05. The molecule has 0 aliphatic heterocycles. The highest BCUT2D eigenvalue weighted by Crippen LogP contribution is 2.62. The number of amides is 1. The number of carboxylic acids is 1. The van der Waals surface area contributed by atoms with Crippen molar-refractivity contribution in [3.8, 4) is 0 Å². The van der Waals surface area contributed by atoms with Crippen molar-refractivity contribution < 1.29 is 14.7 Å². The number of hydrogen-bond acceptors (Lipinski definition) is 2. The molecule has 106 valence electrons. The molecule has 0 aromatic heterocycles. The van der Waals surface area contributed by atoms with Gasteiger partial charge in [-0.05, 0) is 42.4 Å². The summed E-state index contributed by atoms with van der Waals surface area (Å²) in [5.41, 5.74) is 1.54. The Morgan fingerprint density at radius 1 is 1.20 bits per heavy atom. The second-order valence-electron chi connectivity index (χ2n) is 6.05. The average Bonchev–Trinajstić information content (AvgIpc) is 2.94. The number of nitrogens with one attached hydrogen (secondary N) is 1. The van der Waals surface area contributed by atoms with Crippen molar-refractivity contribution in [2.45, 2.75) is 38.6 Å². The Bertz CT molecular complexity index is 529. The van der Waals surface area contributed by atoms with E-state index in [1.54, 1.807) is 24.3 Å². The zero-order chi connectivity index (χ0) is 14.2. The van der Waals surface area contributed by atoms with Crippen LogP contribution in [0.1, 0.15) is 48.0 Å². The average molecular weight is 273 g/mol. The molecule has 0 heterocycles. The van der Waals surface area contributed by atoms with Crippen LogP contribution in [0.4, 0.5) is 0 Å². The monoisotopic (exact) mass is 273 g/mol. The van der Waals surface area contributed by atoms with Crippen LogP contribution in [0.15, 0.2) is 24.3 Å². The van der Waals surface area contributed by atoms with Crippen LogP contribution in [0.2, 0.25) is 0 Å². The molecule has 2 N–H and O–H groups in total. The summed E-state index contributed by atoms with van der Waals surface area (Å²) < 4.78 is 0. The second kappa shape index (κ2) is 4.93. The molecule has 1 aromatic carbocycles. The first-order chi connectivity index (χ1) is 9.61. The Balaban J connectivity index is 1.52. The van der Waals surface area contributed by atoms with Gasteiger partial charge in [-0.3, -0.25) is 4.79 Å². The maximum Gasteiger partial charge on any atom is 0.335 e. The molecule has 0 saturated heterocycles. The highest BCUT2D eigenvalue weighted by Gasteiger charge is 2.58. The van der Waals surface area contributed by atoms with E-state index in [9.17, 15) is 9.59 Å². The third-order valence-corrected chi connectivity index (χ3v) is 4.77. The molecule has 3 rings (SSSR count). The van der Waals surface area contributed by atoms with Gasteiger partial charge in [-0.2, -0.15) is 0 Å². The third kappa shape index (κ3) is 2.42. The van der Waals surface area contributed by atoms with Gasteiger partial charge in [0, 0.05) is 12.5 Å². The number of carbonyl (C=O) groups excluding carboxylic acids is 1. The summed E-state index contributed by atoms with van der Waals surface area (Å²) in [4.78, 5) is 22.9. The Morgan fingerprint density at radius 3 is 2.45 bits per heavy atom. The minimum Gasteiger partial charge on any atom is -0.478 e. The SMILES string of the molecule is O=C(O)c1ccc(CNC(=O)C2CC23CCCC3)cc1. The van der Waals surface area contributed by atoms with Gasteiger partial charge in [-0.15, -0.1) is 0 Å². The third-order valence-electron chi connectivity index (χ3n) is 4.77. The van der Waals surface area contributed by atoms with Crippen LogP contribution >= 0.6 is 0 Å². The number of carbonyl (C=O) groups is 2. The lowest BCUT2D eigenvalue weighted by atomic mass is 10.0. The summed E-state index contributed by atoms with van der Waals surface area (Å²) in [7, 11) is 0. The molecule has 2 fully saturated rings. The topological polar surface area (TPSA) is 66.4 Å². The number of hydrogen-bond donors (Lipinski definition) is 2. The number of benzene rings is 1. The molecule has 1 amide bonds. The molecule has 2 aliphatic rings. The van der Waals surface area contributed by atoms with Crippen LogP contribution in [0, 0.1) is 11.3 Å². The minimum atomic E-state index is -0.929. The lowest BCUT2D eigenvalue weighted by Crippen LogP contribution is -2.26. The van der Waals surface area contributed by atoms with Crippen molar-refractivity contribution in [2.75, 3.05) is 0 Å². The van der Waals surface area contributed by atoms with E-state index in [0.717, 1.165) is 12.0 Å². The molecule has 1 spiro atoms. The van der Waals surface area contributed by atoms with Gasteiger partial charge in [0.1, 0.15) is 0 Å². The van der Waals surface area contributed by atoms with Crippen molar-refractivity contribution in [3.05, 3.63) is 35.4 Å². The van der Waals surface area contributed by atoms with Gasteiger partial charge in [-0.25, -0.2) is 4.79 Å². The summed E-state index contributed by atoms with van der Waals surface area (Å²) in [6, 6.07) is 6.64. The summed E-state index contributed by atoms with van der Waals surface area (Å²) in [6.45, 7) is 0.477. The van der Waals surface area contributed by atoms with Gasteiger partial charge < -0.3 is 10.4 Å². The normalized spacial score (nSPS) is 22.7. The van der Waals surface area contributed by atoms with E-state index >= 15 is 0 Å². The lowest BCUT2D eigenvalue weighted by Gasteiger charge is -2.09. The fourth-order valence-electron chi connectivity index (χ4n) is 3.43. The van der Waals surface area contributed by atoms with Crippen LogP contribution < -0.4 is 5.32 Å². The van der Waals surface area contributed by atoms with Crippen molar-refractivity contribution in [1.29, 1.82) is 0 Å². The molecular formula is C16H19NO3. The fourth-order valence-corrected chi connectivity index (χ4v) is 3.43. The lowest BCUT2D eigenvalue weighted by molar-refractivity contribution is -0.123. The van der Waals surface area contributed by atoms with Gasteiger partial charge in [0.15, 0.2) is 0 Å². The number of carboxylic acid groups (broad SMARTS) is 1. The highest BCUT2D eigenvalue weighted by molar-refractivity contribution is 5.87. The summed E-state index contributed by atoms with van der Waals surface area (Å²) in [5.74, 6) is -0.556. The molecule has 4 nitrogen and oxygen atoms in total. The minimum absolute atomic E-state index is 0.161. The van der Waals surface area contributed by atoms with E-state index < -0.39 is 5.97 Å². The van der Waals surface area contributed by atoms with Gasteiger partial charge >= 0.3 is 5.97 Å². The first-order valence-corrected chi connectivity index (χ1v) is 7.21. The van der Waals surface area contributed by atoms with Crippen LogP contribution in [-0.4, -0.2) is 17.0 Å². The van der Waals surface area contributed by atoms with Crippen molar-refractivity contribution >= 4 is 11.9 Å². The zero-order valence-corrected chi connectivity index (χ0v) is 11.4. The first-order valence-electron chi connectivity index (χ1n) is 7.21. The Kier molecular flexibility index (Phi) is 3.24. The van der Waals surface area contributed by atoms with E-state index in [4.69, 9.17) is 5.11 Å². The van der Waals surface area contributed by atoms with Gasteiger partial charge in [0.05, 0.1) is 5.56 Å². The molecule has 1 aromatic rings. The van der Waals surface area contributed by atoms with Crippen LogP contribution in [0.3, 0.4) is 0 Å². The Hall–Kier alpha value is -1.84. The first kappa shape index (κ1) is 13.2. The summed E-state index contributed by atoms with van der Waals surface area (Å²) in [6.07, 6.45) is 5.99. The molecule has 2 aliphatic carbocycles. The van der Waals surface area contributed by atoms with Crippen LogP contribution in [-0.2, 0) is 11.3 Å². The van der Waals surface area contributed by atoms with Gasteiger partial charge in [0.25, 0.3) is 0 Å². The van der Waals surface area contributed by atoms with E-state index in [1.165, 1.54) is 25.7 Å². The maximum absolute atomic E-state index is 12.1. The van der Waals surface area contributed by atoms with Crippen LogP contribution in [0.25, 0.3) is 0 Å². The molecule has 1 atom stereocenters. The predicted molar refractivity (Wildman–Crippen MR) is 74.3 cm³/mol. The fraction of sp³-hybridized carbons (Fsp3) is 0.500. The van der Waals surface area contributed by atoms with E-state index in [-0.39, 0.29) is 17.4 Å². The number of rotatable bonds is 4. The van der Waals surface area contributed by atoms with E-state index in [2.05, 4.69) is 5.32 Å². The van der Waals surface area contributed by atoms with Crippen molar-refractivity contribution in [2.24, 2.45) is 11.3 Å². The molecule has 1 unspecified atom stereocenters. The summed E-state index contributed by atoms with van der Waals surface area (Å²) in [5, 5.41) is 11.8. The largest absolute Gasteiger partial charge is 0.478 e. The quantitative estimate of drug-likeness (QED) is 0.886. The Morgan fingerprint density at radius 2 is 1.85 bits per heavy atom. The van der Waals surface area contributed by atoms with E-state index in [1.807, 2.05) is 0 Å². The van der Waals surface area contributed by atoms with Crippen LogP contribution in [0.5, 0.6) is 0 Å². The molecular weight excluding hydrogens is 254 g/mol. The molecule has 0 bridgehead atoms. The van der Waals surface area contributed by atoms with Gasteiger partial charge in [-0.1, -0.05) is 25.0 Å². The maximum atomic E-state index is 12.1. The smallest absolute Gasteiger partial charge is 0.335 e. The molecule has 0 radical (unpaired) electrons. The summed E-state index contributed by atoms with van der Waals surface area (Å²) >= 11 is 0. The highest BCUT2D eigenvalue weighted by atomic mass is 16.4.